The lowest BCUT2D eigenvalue weighted by Gasteiger charge is -2.24. The highest BCUT2D eigenvalue weighted by Gasteiger charge is 2.18. The van der Waals surface area contributed by atoms with Crippen LogP contribution in [-0.4, -0.2) is 28.7 Å². The van der Waals surface area contributed by atoms with Crippen molar-refractivity contribution < 1.29 is 9.47 Å². The molecule has 1 aliphatic heterocycles. The second-order valence-corrected chi connectivity index (χ2v) is 6.25. The van der Waals surface area contributed by atoms with Crippen molar-refractivity contribution in [2.24, 2.45) is 0 Å². The van der Waals surface area contributed by atoms with Crippen LogP contribution in [0, 0.1) is 0 Å². The van der Waals surface area contributed by atoms with Crippen LogP contribution in [0.5, 0.6) is 11.5 Å². The highest BCUT2D eigenvalue weighted by molar-refractivity contribution is 5.77. The zero-order valence-electron chi connectivity index (χ0n) is 14.2. The third kappa shape index (κ3) is 2.96. The van der Waals surface area contributed by atoms with E-state index in [-0.39, 0.29) is 18.4 Å². The maximum Gasteiger partial charge on any atom is 0.258 e. The Hall–Kier alpha value is -2.86. The van der Waals surface area contributed by atoms with E-state index >= 15 is 0 Å². The molecule has 0 unspecified atom stereocenters. The largest absolute Gasteiger partial charge is 0.454 e. The minimum atomic E-state index is -0.107. The summed E-state index contributed by atoms with van der Waals surface area (Å²) >= 11 is 0. The van der Waals surface area contributed by atoms with Gasteiger partial charge in [-0.15, -0.1) is 0 Å². The molecule has 0 saturated heterocycles. The molecule has 1 aliphatic rings. The molecule has 25 heavy (non-hydrogen) atoms. The molecule has 0 fully saturated rings. The number of hydrogen-bond acceptors (Lipinski definition) is 5. The molecule has 0 aliphatic carbocycles. The summed E-state index contributed by atoms with van der Waals surface area (Å²) < 4.78 is 10.8. The summed E-state index contributed by atoms with van der Waals surface area (Å²) in [4.78, 5) is 21.9. The number of fused-ring (bicyclic) bond motifs is 2. The molecule has 3 aromatic rings. The van der Waals surface area contributed by atoms with Crippen LogP contribution >= 0.6 is 0 Å². The highest BCUT2D eigenvalue weighted by atomic mass is 16.7. The van der Waals surface area contributed by atoms with Crippen LogP contribution in [0.3, 0.4) is 0 Å². The number of benzene rings is 2. The number of nitrogens with zero attached hydrogens (tertiary/aromatic N) is 2. The predicted molar refractivity (Wildman–Crippen MR) is 94.8 cm³/mol. The van der Waals surface area contributed by atoms with Gasteiger partial charge in [-0.25, -0.2) is 4.98 Å². The Kier molecular flexibility index (Phi) is 3.89. The van der Waals surface area contributed by atoms with Gasteiger partial charge in [0.15, 0.2) is 11.5 Å². The zero-order valence-corrected chi connectivity index (χ0v) is 14.2. The molecule has 1 atom stereocenters. The van der Waals surface area contributed by atoms with E-state index in [1.807, 2.05) is 50.4 Å². The van der Waals surface area contributed by atoms with Gasteiger partial charge >= 0.3 is 0 Å². The van der Waals surface area contributed by atoms with Gasteiger partial charge < -0.3 is 14.5 Å². The van der Waals surface area contributed by atoms with Gasteiger partial charge in [-0.1, -0.05) is 18.2 Å². The summed E-state index contributed by atoms with van der Waals surface area (Å²) in [5.41, 5.74) is 1.72. The van der Waals surface area contributed by atoms with E-state index in [0.29, 0.717) is 23.3 Å². The molecular weight excluding hydrogens is 318 g/mol. The maximum atomic E-state index is 12.3. The second kappa shape index (κ2) is 6.22. The smallest absolute Gasteiger partial charge is 0.258 e. The molecule has 1 N–H and O–H groups in total. The number of hydrogen-bond donors (Lipinski definition) is 1. The molecule has 1 aromatic heterocycles. The van der Waals surface area contributed by atoms with Crippen LogP contribution in [0.25, 0.3) is 10.9 Å². The normalized spacial score (nSPS) is 14.2. The summed E-state index contributed by atoms with van der Waals surface area (Å²) in [7, 11) is 2.00. The van der Waals surface area contributed by atoms with E-state index in [4.69, 9.17) is 9.47 Å². The molecule has 128 valence electrons. The lowest BCUT2D eigenvalue weighted by Crippen LogP contribution is -2.26. The first-order chi connectivity index (χ1) is 12.1. The lowest BCUT2D eigenvalue weighted by molar-refractivity contribution is 0.174. The van der Waals surface area contributed by atoms with Crippen molar-refractivity contribution in [2.75, 3.05) is 13.8 Å². The van der Waals surface area contributed by atoms with Gasteiger partial charge in [0, 0.05) is 6.54 Å². The maximum absolute atomic E-state index is 12.3. The molecule has 0 spiro atoms. The first kappa shape index (κ1) is 15.7. The van der Waals surface area contributed by atoms with E-state index < -0.39 is 0 Å². The number of rotatable bonds is 4. The van der Waals surface area contributed by atoms with Crippen LogP contribution < -0.4 is 15.0 Å². The summed E-state index contributed by atoms with van der Waals surface area (Å²) in [6.45, 7) is 3.00. The van der Waals surface area contributed by atoms with Crippen molar-refractivity contribution in [2.45, 2.75) is 19.5 Å². The number of ether oxygens (including phenoxy) is 2. The number of nitrogens with one attached hydrogen (secondary N) is 1. The molecule has 6 heteroatoms. The summed E-state index contributed by atoms with van der Waals surface area (Å²) in [6, 6.07) is 13.3. The fourth-order valence-electron chi connectivity index (χ4n) is 2.98. The summed E-state index contributed by atoms with van der Waals surface area (Å²) in [6.07, 6.45) is 0. The first-order valence-corrected chi connectivity index (χ1v) is 8.19. The molecule has 0 amide bonds. The molecule has 0 bridgehead atoms. The molecule has 2 aromatic carbocycles. The van der Waals surface area contributed by atoms with Gasteiger partial charge in [0.05, 0.1) is 16.9 Å². The SMILES string of the molecule is C[C@H](c1nc2ccccc2c(=O)[nH]1)N(C)Cc1ccc2c(c1)OCO2. The van der Waals surface area contributed by atoms with Crippen molar-refractivity contribution >= 4 is 10.9 Å². The van der Waals surface area contributed by atoms with E-state index in [9.17, 15) is 4.79 Å². The number of para-hydroxylation sites is 1. The quantitative estimate of drug-likeness (QED) is 0.793. The van der Waals surface area contributed by atoms with Crippen LogP contribution in [0.15, 0.2) is 47.3 Å². The number of H-pyrrole nitrogens is 1. The third-order valence-electron chi connectivity index (χ3n) is 4.56. The van der Waals surface area contributed by atoms with Crippen LogP contribution in [-0.2, 0) is 6.54 Å². The van der Waals surface area contributed by atoms with E-state index in [1.54, 1.807) is 6.07 Å². The molecule has 4 rings (SSSR count). The monoisotopic (exact) mass is 337 g/mol. The first-order valence-electron chi connectivity index (χ1n) is 8.19. The van der Waals surface area contributed by atoms with Crippen molar-refractivity contribution in [3.63, 3.8) is 0 Å². The Morgan fingerprint density at radius 1 is 1.20 bits per heavy atom. The Morgan fingerprint density at radius 3 is 2.88 bits per heavy atom. The topological polar surface area (TPSA) is 67.5 Å². The van der Waals surface area contributed by atoms with Crippen molar-refractivity contribution in [3.8, 4) is 11.5 Å². The Labute approximate surface area is 145 Å². The average molecular weight is 337 g/mol. The highest BCUT2D eigenvalue weighted by Crippen LogP contribution is 2.33. The summed E-state index contributed by atoms with van der Waals surface area (Å²) in [5, 5.41) is 0.608. The van der Waals surface area contributed by atoms with Gasteiger partial charge in [0.1, 0.15) is 5.82 Å². The minimum Gasteiger partial charge on any atom is -0.454 e. The Balaban J connectivity index is 1.58. The van der Waals surface area contributed by atoms with Crippen LogP contribution in [0.1, 0.15) is 24.4 Å². The molecule has 6 nitrogen and oxygen atoms in total. The Morgan fingerprint density at radius 2 is 2.00 bits per heavy atom. The fraction of sp³-hybridized carbons (Fsp3) is 0.263. The van der Waals surface area contributed by atoms with Gasteiger partial charge in [-0.3, -0.25) is 9.69 Å². The minimum absolute atomic E-state index is 0.0391. The zero-order chi connectivity index (χ0) is 17.4. The van der Waals surface area contributed by atoms with Crippen molar-refractivity contribution in [1.29, 1.82) is 0 Å². The van der Waals surface area contributed by atoms with Crippen molar-refractivity contribution in [1.82, 2.24) is 14.9 Å². The molecule has 0 saturated carbocycles. The van der Waals surface area contributed by atoms with Gasteiger partial charge in [0.2, 0.25) is 6.79 Å². The predicted octanol–water partition coefficient (Wildman–Crippen LogP) is 2.84. The summed E-state index contributed by atoms with van der Waals surface area (Å²) in [5.74, 6) is 2.21. The van der Waals surface area contributed by atoms with Crippen LogP contribution in [0.4, 0.5) is 0 Å². The molecular formula is C19H19N3O3. The van der Waals surface area contributed by atoms with Gasteiger partial charge in [-0.05, 0) is 43.8 Å². The number of aromatic amines is 1. The molecule has 2 heterocycles. The van der Waals surface area contributed by atoms with Gasteiger partial charge in [0.25, 0.3) is 5.56 Å². The lowest BCUT2D eigenvalue weighted by atomic mass is 10.1. The number of aromatic nitrogens is 2. The second-order valence-electron chi connectivity index (χ2n) is 6.25. The third-order valence-corrected chi connectivity index (χ3v) is 4.56. The molecule has 0 radical (unpaired) electrons. The van der Waals surface area contributed by atoms with E-state index in [1.165, 1.54) is 0 Å². The van der Waals surface area contributed by atoms with Gasteiger partial charge in [-0.2, -0.15) is 0 Å². The Bertz CT molecular complexity index is 983. The average Bonchev–Trinajstić information content (AvgIpc) is 3.08. The standard InChI is InChI=1S/C19H19N3O3/c1-12(18-20-15-6-4-3-5-14(15)19(23)21-18)22(2)10-13-7-8-16-17(9-13)25-11-24-16/h3-9,12H,10-11H2,1-2H3,(H,20,21,23)/t12-/m1/s1. The van der Waals surface area contributed by atoms with Crippen molar-refractivity contribution in [3.05, 3.63) is 64.2 Å². The fourth-order valence-corrected chi connectivity index (χ4v) is 2.98. The van der Waals surface area contributed by atoms with E-state index in [0.717, 1.165) is 17.1 Å². The van der Waals surface area contributed by atoms with Crippen LogP contribution in [0.2, 0.25) is 0 Å². The van der Waals surface area contributed by atoms with E-state index in [2.05, 4.69) is 14.9 Å².